The normalized spacial score (nSPS) is 14.6. The van der Waals surface area contributed by atoms with E-state index in [1.165, 1.54) is 12.1 Å². The lowest BCUT2D eigenvalue weighted by atomic mass is 10.1. The summed E-state index contributed by atoms with van der Waals surface area (Å²) in [6.07, 6.45) is -0.954. The molecule has 1 aliphatic rings. The van der Waals surface area contributed by atoms with E-state index in [0.717, 1.165) is 42.5 Å². The van der Waals surface area contributed by atoms with E-state index in [1.807, 2.05) is 53.1 Å². The molecule has 19 heteroatoms. The molecule has 1 fully saturated rings. The molecule has 316 valence electrons. The molecule has 1 aromatic heterocycles. The van der Waals surface area contributed by atoms with Crippen molar-refractivity contribution < 1.29 is 45.8 Å². The number of carboxylic acid groups (broad SMARTS) is 1. The summed E-state index contributed by atoms with van der Waals surface area (Å²) in [5, 5.41) is 8.22. The lowest BCUT2D eigenvalue weighted by molar-refractivity contribution is -0.192. The van der Waals surface area contributed by atoms with Crippen molar-refractivity contribution in [3.05, 3.63) is 63.3 Å². The molecule has 1 saturated heterocycles. The van der Waals surface area contributed by atoms with Gasteiger partial charge in [0.05, 0.1) is 11.1 Å². The maximum Gasteiger partial charge on any atom is 0.490 e. The molecule has 4 N–H and O–H groups in total. The number of amides is 2. The average molecular weight is 864 g/mol. The van der Waals surface area contributed by atoms with Gasteiger partial charge in [-0.25, -0.2) is 18.2 Å². The van der Waals surface area contributed by atoms with Crippen LogP contribution in [0, 0.1) is 13.8 Å². The number of para-hydroxylation sites is 1. The Hall–Kier alpha value is -3.74. The number of alkyl halides is 3. The topological polar surface area (TPSA) is 175 Å². The SMILES string of the molecule is CCCC[C@@H](NS(=O)(=O)c1ccc(Cl)c(COc2cccc3c(C)cc(C)nc23)c1Cl)C(=O)N1CCN(C(=O)[C@@H](N)CCCCN(C)C)CC1.O=C(O)C(F)(F)F. The third-order valence-corrected chi connectivity index (χ3v) is 11.6. The van der Waals surface area contributed by atoms with Gasteiger partial charge < -0.3 is 30.3 Å². The minimum absolute atomic E-state index is 0.0857. The van der Waals surface area contributed by atoms with Crippen molar-refractivity contribution in [1.82, 2.24) is 24.4 Å². The minimum atomic E-state index is -5.08. The second kappa shape index (κ2) is 21.3. The predicted octanol–water partition coefficient (Wildman–Crippen LogP) is 5.94. The maximum atomic E-state index is 13.8. The van der Waals surface area contributed by atoms with Gasteiger partial charge in [-0.15, -0.1) is 0 Å². The number of aliphatic carboxylic acids is 1. The van der Waals surface area contributed by atoms with Crippen LogP contribution in [0.3, 0.4) is 0 Å². The van der Waals surface area contributed by atoms with Gasteiger partial charge in [0.1, 0.15) is 28.8 Å². The van der Waals surface area contributed by atoms with E-state index >= 15 is 0 Å². The van der Waals surface area contributed by atoms with Crippen molar-refractivity contribution >= 4 is 61.9 Å². The van der Waals surface area contributed by atoms with Crippen molar-refractivity contribution in [2.24, 2.45) is 5.73 Å². The van der Waals surface area contributed by atoms with Crippen LogP contribution in [-0.2, 0) is 31.0 Å². The summed E-state index contributed by atoms with van der Waals surface area (Å²) >= 11 is 13.2. The fourth-order valence-electron chi connectivity index (χ4n) is 6.15. The molecule has 2 atom stereocenters. The predicted molar refractivity (Wildman–Crippen MR) is 213 cm³/mol. The number of carbonyl (C=O) groups excluding carboxylic acids is 2. The van der Waals surface area contributed by atoms with Gasteiger partial charge in [-0.2, -0.15) is 17.9 Å². The number of nitrogens with zero attached hydrogens (tertiary/aromatic N) is 4. The van der Waals surface area contributed by atoms with Crippen molar-refractivity contribution in [3.63, 3.8) is 0 Å². The summed E-state index contributed by atoms with van der Waals surface area (Å²) in [7, 11) is -0.244. The van der Waals surface area contributed by atoms with E-state index in [-0.39, 0.29) is 46.5 Å². The maximum absolute atomic E-state index is 13.8. The molecule has 1 aliphatic heterocycles. The van der Waals surface area contributed by atoms with Crippen LogP contribution in [0.4, 0.5) is 13.2 Å². The molecule has 0 aliphatic carbocycles. The van der Waals surface area contributed by atoms with Gasteiger partial charge in [-0.3, -0.25) is 9.59 Å². The van der Waals surface area contributed by atoms with Crippen molar-refractivity contribution in [2.75, 3.05) is 46.8 Å². The van der Waals surface area contributed by atoms with Gasteiger partial charge in [0, 0.05) is 47.8 Å². The Balaban J connectivity index is 0.00000113. The monoisotopic (exact) mass is 862 g/mol. The number of nitrogens with one attached hydrogen (secondary N) is 1. The number of halogens is 5. The Labute approximate surface area is 341 Å². The highest BCUT2D eigenvalue weighted by atomic mass is 35.5. The van der Waals surface area contributed by atoms with E-state index in [1.54, 1.807) is 15.9 Å². The summed E-state index contributed by atoms with van der Waals surface area (Å²) in [4.78, 5) is 45.5. The summed E-state index contributed by atoms with van der Waals surface area (Å²) in [6, 6.07) is 8.81. The number of carboxylic acids is 1. The molecular weight excluding hydrogens is 812 g/mol. The van der Waals surface area contributed by atoms with Crippen molar-refractivity contribution in [2.45, 2.75) is 89.1 Å². The first-order valence-electron chi connectivity index (χ1n) is 18.4. The van der Waals surface area contributed by atoms with Gasteiger partial charge in [0.25, 0.3) is 0 Å². The number of ether oxygens (including phenoxy) is 1. The average Bonchev–Trinajstić information content (AvgIpc) is 3.14. The van der Waals surface area contributed by atoms with Gasteiger partial charge >= 0.3 is 12.1 Å². The molecule has 57 heavy (non-hydrogen) atoms. The number of rotatable bonds is 16. The van der Waals surface area contributed by atoms with Gasteiger partial charge in [-0.1, -0.05) is 61.5 Å². The second-order valence-corrected chi connectivity index (χ2v) is 16.5. The number of sulfonamides is 1. The van der Waals surface area contributed by atoms with Crippen LogP contribution in [0.1, 0.15) is 62.3 Å². The summed E-state index contributed by atoms with van der Waals surface area (Å²) < 4.78 is 68.2. The molecule has 2 aromatic carbocycles. The molecule has 0 radical (unpaired) electrons. The Kier molecular flexibility index (Phi) is 17.8. The molecule has 4 rings (SSSR count). The fraction of sp³-hybridized carbons (Fsp3) is 0.526. The fourth-order valence-corrected chi connectivity index (χ4v) is 8.26. The standard InChI is InChI=1S/C36H50Cl2N6O5S.C2HF3O2/c1-6-7-13-30(36(46)44-20-18-43(19-21-44)35(45)29(39)12-8-9-17-42(4)5)41-50(47,48)32-16-15-28(37)27(33(32)38)23-49-31-14-10-11-26-24(2)22-25(3)40-34(26)31;3-2(4,5)1(6)7/h10-11,14-16,22,29-30,41H,6-9,12-13,17-21,23,39H2,1-5H3;(H,6,7)/t29-,30+;/m0./s1. The number of carbonyl (C=O) groups is 3. The highest BCUT2D eigenvalue weighted by Crippen LogP contribution is 2.34. The van der Waals surface area contributed by atoms with Crippen LogP contribution in [0.5, 0.6) is 5.75 Å². The van der Waals surface area contributed by atoms with Gasteiger partial charge in [0.2, 0.25) is 21.8 Å². The number of nitrogens with two attached hydrogens (primary N) is 1. The first-order valence-corrected chi connectivity index (χ1v) is 20.7. The third-order valence-electron chi connectivity index (χ3n) is 9.22. The van der Waals surface area contributed by atoms with Crippen LogP contribution >= 0.6 is 23.2 Å². The van der Waals surface area contributed by atoms with E-state index in [9.17, 15) is 31.2 Å². The van der Waals surface area contributed by atoms with Gasteiger partial charge in [0.15, 0.2) is 0 Å². The molecule has 2 amide bonds. The molecule has 0 saturated carbocycles. The highest BCUT2D eigenvalue weighted by molar-refractivity contribution is 7.89. The van der Waals surface area contributed by atoms with E-state index in [4.69, 9.17) is 43.6 Å². The number of benzene rings is 2. The number of hydrogen-bond donors (Lipinski definition) is 3. The van der Waals surface area contributed by atoms with Crippen LogP contribution in [0.2, 0.25) is 10.0 Å². The van der Waals surface area contributed by atoms with Gasteiger partial charge in [-0.05, 0) is 83.6 Å². The number of pyridine rings is 1. The molecular formula is C38H51Cl2F3N6O7S. The second-order valence-electron chi connectivity index (χ2n) is 14.0. The first-order chi connectivity index (χ1) is 26.7. The zero-order valence-corrected chi connectivity index (χ0v) is 35.0. The van der Waals surface area contributed by atoms with Crippen molar-refractivity contribution in [1.29, 1.82) is 0 Å². The third kappa shape index (κ3) is 13.7. The van der Waals surface area contributed by atoms with E-state index in [0.29, 0.717) is 49.2 Å². The summed E-state index contributed by atoms with van der Waals surface area (Å²) in [6.45, 7) is 7.96. The number of unbranched alkanes of at least 4 members (excludes halogenated alkanes) is 2. The Morgan fingerprint density at radius 1 is 1.00 bits per heavy atom. The minimum Gasteiger partial charge on any atom is -0.487 e. The molecule has 0 spiro atoms. The molecule has 0 bridgehead atoms. The van der Waals surface area contributed by atoms with Crippen LogP contribution in [0.15, 0.2) is 41.3 Å². The Morgan fingerprint density at radius 3 is 2.19 bits per heavy atom. The van der Waals surface area contributed by atoms with Crippen molar-refractivity contribution in [3.8, 4) is 5.75 Å². The highest BCUT2D eigenvalue weighted by Gasteiger charge is 2.38. The lowest BCUT2D eigenvalue weighted by Crippen LogP contribution is -2.57. The smallest absolute Gasteiger partial charge is 0.487 e. The van der Waals surface area contributed by atoms with E-state index in [2.05, 4.69) is 14.6 Å². The molecule has 2 heterocycles. The number of piperazine rings is 1. The Morgan fingerprint density at radius 2 is 1.61 bits per heavy atom. The first kappa shape index (κ1) is 47.6. The number of fused-ring (bicyclic) bond motifs is 1. The molecule has 13 nitrogen and oxygen atoms in total. The quantitative estimate of drug-likeness (QED) is 0.146. The number of aryl methyl sites for hydroxylation is 2. The van der Waals surface area contributed by atoms with Crippen LogP contribution in [0.25, 0.3) is 10.9 Å². The summed E-state index contributed by atoms with van der Waals surface area (Å²) in [5.74, 6) is -2.71. The largest absolute Gasteiger partial charge is 0.490 e. The Bertz CT molecular complexity index is 1980. The summed E-state index contributed by atoms with van der Waals surface area (Å²) in [5.41, 5.74) is 9.09. The molecule has 0 unspecified atom stereocenters. The zero-order valence-electron chi connectivity index (χ0n) is 32.7. The van der Waals surface area contributed by atoms with Crippen LogP contribution in [-0.4, -0.2) is 116 Å². The number of hydrogen-bond acceptors (Lipinski definition) is 9. The number of aromatic nitrogens is 1. The van der Waals surface area contributed by atoms with Crippen LogP contribution < -0.4 is 15.2 Å². The van der Waals surface area contributed by atoms with E-state index < -0.39 is 34.3 Å². The zero-order chi connectivity index (χ0) is 42.7. The molecule has 3 aromatic rings. The lowest BCUT2D eigenvalue weighted by Gasteiger charge is -2.37.